The van der Waals surface area contributed by atoms with Crippen LogP contribution >= 0.6 is 0 Å². The third-order valence-corrected chi connectivity index (χ3v) is 4.92. The van der Waals surface area contributed by atoms with Crippen molar-refractivity contribution in [2.45, 2.75) is 20.3 Å². The molecule has 5 heteroatoms. The van der Waals surface area contributed by atoms with E-state index < -0.39 is 11.9 Å². The minimum absolute atomic E-state index is 0.0540. The molecule has 1 saturated heterocycles. The summed E-state index contributed by atoms with van der Waals surface area (Å²) in [7, 11) is 0. The lowest BCUT2D eigenvalue weighted by Crippen LogP contribution is -2.28. The molecular weight excluding hydrogens is 340 g/mol. The number of para-hydroxylation sites is 1. The minimum Gasteiger partial charge on any atom is -0.424 e. The molecule has 3 aromatic rings. The average molecular weight is 360 g/mol. The number of hydrogen-bond donors (Lipinski definition) is 0. The van der Waals surface area contributed by atoms with Gasteiger partial charge in [-0.2, -0.15) is 0 Å². The zero-order valence-electron chi connectivity index (χ0n) is 15.3. The Morgan fingerprint density at radius 3 is 2.81 bits per heavy atom. The van der Waals surface area contributed by atoms with Crippen LogP contribution in [0, 0.1) is 19.8 Å². The Hall–Kier alpha value is -3.21. The number of anilines is 1. The predicted octanol–water partition coefficient (Wildman–Crippen LogP) is 3.81. The van der Waals surface area contributed by atoms with Crippen molar-refractivity contribution in [2.24, 2.45) is 5.92 Å². The number of nitrogens with zero attached hydrogens (tertiary/aromatic N) is 2. The van der Waals surface area contributed by atoms with E-state index in [2.05, 4.69) is 4.98 Å². The largest absolute Gasteiger partial charge is 0.424 e. The molecule has 0 bridgehead atoms. The zero-order chi connectivity index (χ0) is 19.0. The van der Waals surface area contributed by atoms with Gasteiger partial charge in [-0.25, -0.2) is 0 Å². The molecule has 2 heterocycles. The van der Waals surface area contributed by atoms with Crippen molar-refractivity contribution in [3.05, 3.63) is 65.9 Å². The Morgan fingerprint density at radius 2 is 1.96 bits per heavy atom. The number of rotatable bonds is 3. The maximum absolute atomic E-state index is 12.7. The van der Waals surface area contributed by atoms with Gasteiger partial charge in [-0.3, -0.25) is 14.6 Å². The molecule has 0 spiro atoms. The van der Waals surface area contributed by atoms with Crippen LogP contribution in [-0.2, 0) is 9.59 Å². The molecule has 0 radical (unpaired) electrons. The summed E-state index contributed by atoms with van der Waals surface area (Å²) in [6.07, 6.45) is 1.82. The number of aryl methyl sites for hydroxylation is 2. The topological polar surface area (TPSA) is 59.5 Å². The second-order valence-electron chi connectivity index (χ2n) is 6.95. The number of benzene rings is 2. The Kier molecular flexibility index (Phi) is 4.36. The van der Waals surface area contributed by atoms with Gasteiger partial charge >= 0.3 is 5.97 Å². The Morgan fingerprint density at radius 1 is 1.15 bits per heavy atom. The number of carbonyl (C=O) groups excluding carboxylic acids is 2. The lowest BCUT2D eigenvalue weighted by Gasteiger charge is -2.19. The average Bonchev–Trinajstić information content (AvgIpc) is 3.06. The van der Waals surface area contributed by atoms with E-state index >= 15 is 0 Å². The molecule has 0 unspecified atom stereocenters. The second-order valence-corrected chi connectivity index (χ2v) is 6.95. The highest BCUT2D eigenvalue weighted by atomic mass is 16.5. The fourth-order valence-corrected chi connectivity index (χ4v) is 3.46. The molecule has 1 aromatic heterocycles. The van der Waals surface area contributed by atoms with E-state index in [4.69, 9.17) is 4.74 Å². The molecule has 0 N–H and O–H groups in total. The van der Waals surface area contributed by atoms with Gasteiger partial charge in [0.25, 0.3) is 0 Å². The van der Waals surface area contributed by atoms with Crippen molar-refractivity contribution in [3.63, 3.8) is 0 Å². The summed E-state index contributed by atoms with van der Waals surface area (Å²) >= 11 is 0. The number of hydrogen-bond acceptors (Lipinski definition) is 4. The van der Waals surface area contributed by atoms with Crippen molar-refractivity contribution in [2.75, 3.05) is 11.4 Å². The van der Waals surface area contributed by atoms with Crippen LogP contribution in [-0.4, -0.2) is 23.4 Å². The molecule has 1 amide bonds. The van der Waals surface area contributed by atoms with Gasteiger partial charge in [0.05, 0.1) is 5.92 Å². The molecule has 5 nitrogen and oxygen atoms in total. The first-order chi connectivity index (χ1) is 13.0. The molecule has 4 rings (SSSR count). The normalized spacial score (nSPS) is 16.7. The lowest BCUT2D eigenvalue weighted by molar-refractivity contribution is -0.139. The van der Waals surface area contributed by atoms with Gasteiger partial charge in [-0.15, -0.1) is 0 Å². The van der Waals surface area contributed by atoms with E-state index in [1.54, 1.807) is 17.2 Å². The minimum atomic E-state index is -0.489. The molecule has 27 heavy (non-hydrogen) atoms. The number of fused-ring (bicyclic) bond motifs is 1. The van der Waals surface area contributed by atoms with Crippen LogP contribution in [0.2, 0.25) is 0 Å². The molecule has 136 valence electrons. The summed E-state index contributed by atoms with van der Waals surface area (Å²) in [5, 5.41) is 0.905. The van der Waals surface area contributed by atoms with Gasteiger partial charge in [-0.05, 0) is 43.2 Å². The second kappa shape index (κ2) is 6.83. The quantitative estimate of drug-likeness (QED) is 0.526. The number of amides is 1. The van der Waals surface area contributed by atoms with E-state index in [1.807, 2.05) is 56.3 Å². The molecule has 1 aliphatic rings. The molecule has 1 fully saturated rings. The van der Waals surface area contributed by atoms with Crippen molar-refractivity contribution in [3.8, 4) is 5.75 Å². The molecule has 0 aliphatic carbocycles. The van der Waals surface area contributed by atoms with Gasteiger partial charge in [0.1, 0.15) is 5.52 Å². The van der Waals surface area contributed by atoms with E-state index in [1.165, 1.54) is 0 Å². The molecular formula is C22H20N2O3. The van der Waals surface area contributed by atoms with Crippen LogP contribution in [0.4, 0.5) is 5.69 Å². The number of pyridine rings is 1. The fourth-order valence-electron chi connectivity index (χ4n) is 3.46. The van der Waals surface area contributed by atoms with E-state index in [9.17, 15) is 9.59 Å². The lowest BCUT2D eigenvalue weighted by atomic mass is 10.1. The van der Waals surface area contributed by atoms with Gasteiger partial charge in [0, 0.05) is 30.2 Å². The SMILES string of the molecule is Cc1ccc(C)c(N2C[C@H](C(=O)Oc3cccc4cccnc34)CC2=O)c1. The molecule has 1 atom stereocenters. The maximum atomic E-state index is 12.7. The summed E-state index contributed by atoms with van der Waals surface area (Å²) in [6, 6.07) is 15.2. The van der Waals surface area contributed by atoms with Crippen LogP contribution in [0.25, 0.3) is 10.9 Å². The highest BCUT2D eigenvalue weighted by molar-refractivity contribution is 6.00. The number of esters is 1. The van der Waals surface area contributed by atoms with E-state index in [0.29, 0.717) is 17.8 Å². The van der Waals surface area contributed by atoms with Gasteiger partial charge in [0.15, 0.2) is 5.75 Å². The fraction of sp³-hybridized carbons (Fsp3) is 0.227. The molecule has 2 aromatic carbocycles. The first-order valence-electron chi connectivity index (χ1n) is 8.96. The van der Waals surface area contributed by atoms with Crippen molar-refractivity contribution < 1.29 is 14.3 Å². The highest BCUT2D eigenvalue weighted by Crippen LogP contribution is 2.30. The van der Waals surface area contributed by atoms with Crippen molar-refractivity contribution >= 4 is 28.5 Å². The Balaban J connectivity index is 1.55. The highest BCUT2D eigenvalue weighted by Gasteiger charge is 2.37. The third kappa shape index (κ3) is 3.28. The summed E-state index contributed by atoms with van der Waals surface area (Å²) in [5.41, 5.74) is 3.60. The predicted molar refractivity (Wildman–Crippen MR) is 104 cm³/mol. The van der Waals surface area contributed by atoms with E-state index in [0.717, 1.165) is 22.2 Å². The van der Waals surface area contributed by atoms with Gasteiger partial charge in [0.2, 0.25) is 5.91 Å². The van der Waals surface area contributed by atoms with Crippen molar-refractivity contribution in [1.29, 1.82) is 0 Å². The first-order valence-corrected chi connectivity index (χ1v) is 8.96. The summed E-state index contributed by atoms with van der Waals surface area (Å²) in [5.74, 6) is -0.511. The van der Waals surface area contributed by atoms with E-state index in [-0.39, 0.29) is 12.3 Å². The van der Waals surface area contributed by atoms with Crippen LogP contribution in [0.15, 0.2) is 54.7 Å². The summed E-state index contributed by atoms with van der Waals surface area (Å²) < 4.78 is 5.62. The Labute approximate surface area is 157 Å². The monoisotopic (exact) mass is 360 g/mol. The molecule has 1 aliphatic heterocycles. The smallest absolute Gasteiger partial charge is 0.316 e. The number of ether oxygens (including phenoxy) is 1. The first kappa shape index (κ1) is 17.2. The standard InChI is InChI=1S/C22H20N2O3/c1-14-8-9-15(2)18(11-14)24-13-17(12-20(24)25)22(26)27-19-7-3-5-16-6-4-10-23-21(16)19/h3-11,17H,12-13H2,1-2H3/t17-/m1/s1. The van der Waals surface area contributed by atoms with Gasteiger partial charge in [-0.1, -0.05) is 30.3 Å². The van der Waals surface area contributed by atoms with Crippen LogP contribution in [0.3, 0.4) is 0 Å². The third-order valence-electron chi connectivity index (χ3n) is 4.92. The maximum Gasteiger partial charge on any atom is 0.316 e. The number of carbonyl (C=O) groups is 2. The van der Waals surface area contributed by atoms with Crippen molar-refractivity contribution in [1.82, 2.24) is 4.98 Å². The zero-order valence-corrected chi connectivity index (χ0v) is 15.3. The Bertz CT molecular complexity index is 1040. The van der Waals surface area contributed by atoms with Gasteiger partial charge < -0.3 is 9.64 Å². The van der Waals surface area contributed by atoms with Crippen LogP contribution in [0.1, 0.15) is 17.5 Å². The summed E-state index contributed by atoms with van der Waals surface area (Å²) in [6.45, 7) is 4.29. The summed E-state index contributed by atoms with van der Waals surface area (Å²) in [4.78, 5) is 31.2. The van der Waals surface area contributed by atoms with Crippen LogP contribution < -0.4 is 9.64 Å². The number of aromatic nitrogens is 1. The molecule has 0 saturated carbocycles. The van der Waals surface area contributed by atoms with Crippen LogP contribution in [0.5, 0.6) is 5.75 Å².